The van der Waals surface area contributed by atoms with E-state index in [4.69, 9.17) is 4.74 Å². The number of carbonyl (C=O) groups is 1. The molecule has 3 heterocycles. The quantitative estimate of drug-likeness (QED) is 0.338. The van der Waals surface area contributed by atoms with Crippen LogP contribution >= 0.6 is 0 Å². The summed E-state index contributed by atoms with van der Waals surface area (Å²) in [6.07, 6.45) is 0.376. The number of methoxy groups -OCH3 is 1. The van der Waals surface area contributed by atoms with E-state index in [2.05, 4.69) is 14.7 Å². The van der Waals surface area contributed by atoms with Crippen LogP contribution in [0.2, 0.25) is 0 Å². The van der Waals surface area contributed by atoms with Crippen molar-refractivity contribution in [2.24, 2.45) is 0 Å². The third-order valence-electron chi connectivity index (χ3n) is 6.99. The molecule has 0 radical (unpaired) electrons. The second kappa shape index (κ2) is 9.42. The van der Waals surface area contributed by atoms with E-state index in [-0.39, 0.29) is 11.6 Å². The molecule has 7 nitrogen and oxygen atoms in total. The van der Waals surface area contributed by atoms with Crippen LogP contribution in [0.15, 0.2) is 55.0 Å². The Hall–Kier alpha value is -4.08. The predicted octanol–water partition coefficient (Wildman–Crippen LogP) is 5.44. The van der Waals surface area contributed by atoms with Crippen molar-refractivity contribution >= 4 is 22.6 Å². The zero-order valence-corrected chi connectivity index (χ0v) is 20.3. The van der Waals surface area contributed by atoms with Gasteiger partial charge in [0.15, 0.2) is 12.3 Å². The first kappa shape index (κ1) is 24.6. The lowest BCUT2D eigenvalue weighted by molar-refractivity contribution is -0.549. The van der Waals surface area contributed by atoms with Crippen molar-refractivity contribution in [2.75, 3.05) is 13.7 Å². The summed E-state index contributed by atoms with van der Waals surface area (Å²) in [5.41, 5.74) is 4.20. The maximum Gasteiger partial charge on any atom is 0.419 e. The van der Waals surface area contributed by atoms with Crippen molar-refractivity contribution in [1.82, 2.24) is 14.8 Å². The summed E-state index contributed by atoms with van der Waals surface area (Å²) < 4.78 is 48.9. The van der Waals surface area contributed by atoms with Gasteiger partial charge in [-0.2, -0.15) is 18.3 Å². The van der Waals surface area contributed by atoms with Gasteiger partial charge in [-0.05, 0) is 48.9 Å². The minimum absolute atomic E-state index is 0.166. The fourth-order valence-corrected chi connectivity index (χ4v) is 5.06. The number of ether oxygens (including phenoxy) is 1. The van der Waals surface area contributed by atoms with E-state index in [1.165, 1.54) is 4.68 Å². The molecule has 0 amide bonds. The molecule has 0 saturated carbocycles. The number of aryl methyl sites for hydroxylation is 1. The SMILES string of the molecule is COc1cc(C)c2[nH]ccc2c1C[N+]1=C(c2ccc(C(=O)O)cc2)C[C@@H](n2cc(C(F)(F)F)cn2)CC1. The summed E-state index contributed by atoms with van der Waals surface area (Å²) in [7, 11) is 1.63. The Labute approximate surface area is 210 Å². The van der Waals surface area contributed by atoms with Crippen molar-refractivity contribution < 1.29 is 32.4 Å². The highest BCUT2D eigenvalue weighted by Gasteiger charge is 2.35. The third kappa shape index (κ3) is 4.71. The van der Waals surface area contributed by atoms with Gasteiger partial charge >= 0.3 is 12.1 Å². The lowest BCUT2D eigenvalue weighted by atomic mass is 9.95. The van der Waals surface area contributed by atoms with Gasteiger partial charge in [0.05, 0.1) is 42.5 Å². The van der Waals surface area contributed by atoms with Crippen LogP contribution in [0.5, 0.6) is 5.75 Å². The molecular weight excluding hydrogens is 485 g/mol. The van der Waals surface area contributed by atoms with Crippen LogP contribution in [0.1, 0.15) is 51.5 Å². The number of aromatic nitrogens is 3. The number of aromatic carboxylic acids is 1. The minimum atomic E-state index is -4.46. The second-order valence-corrected chi connectivity index (χ2v) is 9.24. The number of rotatable bonds is 6. The smallest absolute Gasteiger partial charge is 0.419 e. The largest absolute Gasteiger partial charge is 0.496 e. The van der Waals surface area contributed by atoms with Crippen LogP contribution in [0.3, 0.4) is 0 Å². The fourth-order valence-electron chi connectivity index (χ4n) is 5.06. The van der Waals surface area contributed by atoms with E-state index < -0.39 is 17.7 Å². The molecular formula is C27H26F3N4O3+. The molecule has 1 aliphatic rings. The average Bonchev–Trinajstić information content (AvgIpc) is 3.56. The highest BCUT2D eigenvalue weighted by atomic mass is 19.4. The Morgan fingerprint density at radius 2 is 2.03 bits per heavy atom. The van der Waals surface area contributed by atoms with E-state index in [0.717, 1.165) is 51.4 Å². The van der Waals surface area contributed by atoms with Crippen molar-refractivity contribution in [1.29, 1.82) is 0 Å². The number of carboxylic acids is 1. The lowest BCUT2D eigenvalue weighted by Crippen LogP contribution is -2.33. The van der Waals surface area contributed by atoms with Gasteiger partial charge in [-0.25, -0.2) is 9.37 Å². The van der Waals surface area contributed by atoms with Crippen LogP contribution in [0, 0.1) is 6.92 Å². The Balaban J connectivity index is 1.57. The van der Waals surface area contributed by atoms with Crippen LogP contribution in [-0.2, 0) is 12.7 Å². The molecule has 10 heteroatoms. The number of hydrogen-bond donors (Lipinski definition) is 2. The molecule has 37 heavy (non-hydrogen) atoms. The summed E-state index contributed by atoms with van der Waals surface area (Å²) in [6, 6.07) is 10.3. The molecule has 2 aromatic carbocycles. The van der Waals surface area contributed by atoms with E-state index in [1.807, 2.05) is 25.3 Å². The molecule has 1 atom stereocenters. The van der Waals surface area contributed by atoms with Gasteiger partial charge in [0.2, 0.25) is 0 Å². The standard InChI is InChI=1S/C27H25F3N4O3/c1-16-11-24(37-2)22(21-7-9-31-25(16)21)15-33-10-8-20(34-14-19(13-32-34)27(28,29)30)12-23(33)17-3-5-18(6-4-17)26(35)36/h3-7,9,11,13-14,20,31H,8,10,12,15H2,1-2H3/p+1/t20-/m0/s1. The normalized spacial score (nSPS) is 16.4. The van der Waals surface area contributed by atoms with Crippen LogP contribution in [-0.4, -0.2) is 49.8 Å². The van der Waals surface area contributed by atoms with Gasteiger partial charge in [-0.15, -0.1) is 0 Å². The first-order valence-corrected chi connectivity index (χ1v) is 11.8. The monoisotopic (exact) mass is 511 g/mol. The zero-order chi connectivity index (χ0) is 26.3. The summed E-state index contributed by atoms with van der Waals surface area (Å²) in [5.74, 6) is -0.264. The summed E-state index contributed by atoms with van der Waals surface area (Å²) in [4.78, 5) is 14.7. The van der Waals surface area contributed by atoms with E-state index >= 15 is 0 Å². The number of fused-ring (bicyclic) bond motifs is 1. The molecule has 1 aliphatic heterocycles. The highest BCUT2D eigenvalue weighted by molar-refractivity contribution is 5.98. The molecule has 0 fully saturated rings. The zero-order valence-electron chi connectivity index (χ0n) is 20.3. The second-order valence-electron chi connectivity index (χ2n) is 9.24. The van der Waals surface area contributed by atoms with Gasteiger partial charge < -0.3 is 14.8 Å². The molecule has 0 bridgehead atoms. The van der Waals surface area contributed by atoms with Crippen molar-refractivity contribution in [2.45, 2.75) is 38.5 Å². The maximum absolute atomic E-state index is 13.2. The summed E-state index contributed by atoms with van der Waals surface area (Å²) >= 11 is 0. The number of alkyl halides is 3. The number of H-pyrrole nitrogens is 1. The predicted molar refractivity (Wildman–Crippen MR) is 131 cm³/mol. The molecule has 2 N–H and O–H groups in total. The van der Waals surface area contributed by atoms with E-state index in [9.17, 15) is 23.1 Å². The van der Waals surface area contributed by atoms with Gasteiger partial charge in [0, 0.05) is 35.3 Å². The van der Waals surface area contributed by atoms with Gasteiger partial charge in [-0.1, -0.05) is 0 Å². The Bertz CT molecular complexity index is 1500. The highest BCUT2D eigenvalue weighted by Crippen LogP contribution is 2.34. The number of aromatic amines is 1. The van der Waals surface area contributed by atoms with Crippen LogP contribution in [0.25, 0.3) is 10.9 Å². The van der Waals surface area contributed by atoms with Gasteiger partial charge in [0.1, 0.15) is 12.3 Å². The third-order valence-corrected chi connectivity index (χ3v) is 6.99. The number of nitrogens with one attached hydrogen (secondary N) is 1. The minimum Gasteiger partial charge on any atom is -0.496 e. The number of nitrogens with zero attached hydrogens (tertiary/aromatic N) is 3. The van der Waals surface area contributed by atoms with Crippen molar-refractivity contribution in [3.8, 4) is 5.75 Å². The van der Waals surface area contributed by atoms with Gasteiger partial charge in [-0.3, -0.25) is 4.68 Å². The molecule has 0 spiro atoms. The fraction of sp³-hybridized carbons (Fsp3) is 0.296. The molecule has 0 saturated heterocycles. The van der Waals surface area contributed by atoms with E-state index in [1.54, 1.807) is 31.4 Å². The number of benzene rings is 2. The Morgan fingerprint density at radius 3 is 2.68 bits per heavy atom. The maximum atomic E-state index is 13.2. The van der Waals surface area contributed by atoms with Crippen molar-refractivity contribution in [3.05, 3.63) is 82.8 Å². The molecule has 5 rings (SSSR count). The van der Waals surface area contributed by atoms with Crippen molar-refractivity contribution in [3.63, 3.8) is 0 Å². The topological polar surface area (TPSA) is 83.1 Å². The number of carboxylic acid groups (broad SMARTS) is 1. The molecule has 0 unspecified atom stereocenters. The first-order chi connectivity index (χ1) is 17.7. The molecule has 192 valence electrons. The summed E-state index contributed by atoms with van der Waals surface area (Å²) in [6.45, 7) is 3.11. The first-order valence-electron chi connectivity index (χ1n) is 11.8. The Kier molecular flexibility index (Phi) is 6.26. The lowest BCUT2D eigenvalue weighted by Gasteiger charge is -2.24. The number of hydrogen-bond acceptors (Lipinski definition) is 3. The van der Waals surface area contributed by atoms with Crippen LogP contribution in [0.4, 0.5) is 13.2 Å². The van der Waals surface area contributed by atoms with Gasteiger partial charge in [0.25, 0.3) is 0 Å². The Morgan fingerprint density at radius 1 is 1.27 bits per heavy atom. The number of halogens is 3. The molecule has 2 aromatic heterocycles. The molecule has 0 aliphatic carbocycles. The van der Waals surface area contributed by atoms with E-state index in [0.29, 0.717) is 25.9 Å². The van der Waals surface area contributed by atoms with Crippen LogP contribution < -0.4 is 4.74 Å². The summed E-state index contributed by atoms with van der Waals surface area (Å²) in [5, 5.41) is 14.4. The molecule has 4 aromatic rings. The average molecular weight is 512 g/mol.